The Morgan fingerprint density at radius 3 is 2.46 bits per heavy atom. The number of aromatic amines is 1. The molecule has 5 rings (SSSR count). The number of H-pyrrole nitrogens is 1. The van der Waals surface area contributed by atoms with Gasteiger partial charge in [-0.3, -0.25) is 14.5 Å². The number of rotatable bonds is 6. The van der Waals surface area contributed by atoms with Crippen molar-refractivity contribution in [1.82, 2.24) is 34.1 Å². The van der Waals surface area contributed by atoms with Crippen LogP contribution in [0.15, 0.2) is 41.7 Å². The summed E-state index contributed by atoms with van der Waals surface area (Å²) in [6, 6.07) is 5.38. The minimum absolute atomic E-state index is 0.0603. The maximum Gasteiger partial charge on any atom is 0.460 e. The van der Waals surface area contributed by atoms with Crippen molar-refractivity contribution >= 4 is 11.4 Å². The summed E-state index contributed by atoms with van der Waals surface area (Å²) in [6.45, 7) is 7.76. The fourth-order valence-electron chi connectivity index (χ4n) is 5.85. The summed E-state index contributed by atoms with van der Waals surface area (Å²) in [7, 11) is 1.89. The van der Waals surface area contributed by atoms with E-state index in [0.717, 1.165) is 39.3 Å². The van der Waals surface area contributed by atoms with Crippen molar-refractivity contribution in [2.45, 2.75) is 46.6 Å². The molecule has 1 aliphatic rings. The number of imidazole rings is 1. The number of carbonyl (C=O) groups is 1. The number of halogens is 3. The molecule has 0 radical (unpaired) electrons. The van der Waals surface area contributed by atoms with E-state index in [2.05, 4.69) is 15.3 Å². The number of fused-ring (bicyclic) bond motifs is 1. The van der Waals surface area contributed by atoms with Crippen molar-refractivity contribution in [3.8, 4) is 11.3 Å². The van der Waals surface area contributed by atoms with Gasteiger partial charge in [0.15, 0.2) is 0 Å². The molecule has 0 saturated carbocycles. The summed E-state index contributed by atoms with van der Waals surface area (Å²) in [5.41, 5.74) is 6.28. The molecule has 1 unspecified atom stereocenters. The zero-order valence-electron chi connectivity index (χ0n) is 23.8. The zero-order valence-corrected chi connectivity index (χ0v) is 23.8. The number of nitrogens with zero attached hydrogens (tertiary/aromatic N) is 5. The highest BCUT2D eigenvalue weighted by molar-refractivity contribution is 5.98. The molecule has 0 aliphatic carbocycles. The molecule has 12 heteroatoms. The first-order valence-corrected chi connectivity index (χ1v) is 13.5. The second kappa shape index (κ2) is 10.8. The lowest BCUT2D eigenvalue weighted by Crippen LogP contribution is -2.52. The Kier molecular flexibility index (Phi) is 7.56. The molecule has 1 saturated heterocycles. The number of amides is 1. The maximum absolute atomic E-state index is 13.7. The number of aromatic nitrogens is 4. The van der Waals surface area contributed by atoms with Crippen molar-refractivity contribution in [3.63, 3.8) is 0 Å². The Morgan fingerprint density at radius 2 is 1.85 bits per heavy atom. The summed E-state index contributed by atoms with van der Waals surface area (Å²) in [5, 5.41) is 2.92. The molecule has 2 N–H and O–H groups in total. The van der Waals surface area contributed by atoms with Crippen molar-refractivity contribution in [3.05, 3.63) is 80.9 Å². The van der Waals surface area contributed by atoms with Crippen molar-refractivity contribution in [2.24, 2.45) is 7.05 Å². The highest BCUT2D eigenvalue weighted by atomic mass is 19.4. The number of hydrogen-bond acceptors (Lipinski definition) is 5. The molecule has 5 heterocycles. The van der Waals surface area contributed by atoms with Gasteiger partial charge in [-0.1, -0.05) is 0 Å². The molecule has 1 fully saturated rings. The van der Waals surface area contributed by atoms with Crippen LogP contribution in [0, 0.1) is 20.8 Å². The van der Waals surface area contributed by atoms with Crippen LogP contribution in [0.3, 0.4) is 0 Å². The number of pyridine rings is 2. The molecule has 0 bridgehead atoms. The van der Waals surface area contributed by atoms with E-state index in [1.807, 2.05) is 66.1 Å². The second-order valence-electron chi connectivity index (χ2n) is 10.7. The summed E-state index contributed by atoms with van der Waals surface area (Å²) in [5.74, 6) is -0.336. The summed E-state index contributed by atoms with van der Waals surface area (Å²) < 4.78 is 43.7. The Labute approximate surface area is 235 Å². The zero-order chi connectivity index (χ0) is 29.6. The highest BCUT2D eigenvalue weighted by Gasteiger charge is 2.40. The molecular weight excluding hydrogens is 535 g/mol. The fraction of sp³-hybridized carbons (Fsp3) is 0.414. The van der Waals surface area contributed by atoms with Crippen LogP contribution in [0.5, 0.6) is 0 Å². The standard InChI is InChI=1S/C29H34F3N7O2/c1-17-12-18(2)35-28(41)23(17)14-34-27(40)22-13-24-21(25-15-33-16-36(25)5)6-7-39(24)26(19(22)3)20(4)37-8-10-38(11-9-37)29(30,31)32/h6-7,12-13,15-16,20H,8-11,14H2,1-5H3,(H,34,40)(H,35,41). The van der Waals surface area contributed by atoms with Crippen molar-refractivity contribution in [1.29, 1.82) is 0 Å². The molecular formula is C29H34F3N7O2. The number of hydrogen-bond donors (Lipinski definition) is 2. The quantitative estimate of drug-likeness (QED) is 0.342. The maximum atomic E-state index is 13.7. The molecule has 4 aromatic heterocycles. The molecule has 1 atom stereocenters. The van der Waals surface area contributed by atoms with E-state index in [9.17, 15) is 22.8 Å². The van der Waals surface area contributed by atoms with Crippen LogP contribution in [-0.2, 0) is 13.6 Å². The second-order valence-corrected chi connectivity index (χ2v) is 10.7. The average molecular weight is 570 g/mol. The van der Waals surface area contributed by atoms with Gasteiger partial charge in [0.25, 0.3) is 11.5 Å². The Balaban J connectivity index is 1.54. The third-order valence-corrected chi connectivity index (χ3v) is 8.13. The fourth-order valence-corrected chi connectivity index (χ4v) is 5.85. The monoisotopic (exact) mass is 569 g/mol. The minimum atomic E-state index is -4.35. The molecule has 41 heavy (non-hydrogen) atoms. The normalized spacial score (nSPS) is 15.9. The lowest BCUT2D eigenvalue weighted by Gasteiger charge is -2.39. The smallest absolute Gasteiger partial charge is 0.348 e. The van der Waals surface area contributed by atoms with E-state index in [0.29, 0.717) is 16.0 Å². The highest BCUT2D eigenvalue weighted by Crippen LogP contribution is 2.34. The third-order valence-electron chi connectivity index (χ3n) is 8.13. The predicted molar refractivity (Wildman–Crippen MR) is 150 cm³/mol. The topological polar surface area (TPSA) is 90.7 Å². The Bertz CT molecular complexity index is 1660. The van der Waals surface area contributed by atoms with E-state index in [4.69, 9.17) is 0 Å². The first-order valence-electron chi connectivity index (χ1n) is 13.5. The van der Waals surface area contributed by atoms with E-state index in [1.165, 1.54) is 0 Å². The Hall–Kier alpha value is -3.90. The van der Waals surface area contributed by atoms with Gasteiger partial charge < -0.3 is 19.3 Å². The van der Waals surface area contributed by atoms with Gasteiger partial charge >= 0.3 is 6.30 Å². The van der Waals surface area contributed by atoms with Crippen LogP contribution < -0.4 is 10.9 Å². The van der Waals surface area contributed by atoms with Gasteiger partial charge in [0, 0.05) is 80.1 Å². The van der Waals surface area contributed by atoms with Crippen LogP contribution in [0.2, 0.25) is 0 Å². The first kappa shape index (κ1) is 28.6. The summed E-state index contributed by atoms with van der Waals surface area (Å²) in [4.78, 5) is 35.8. The van der Waals surface area contributed by atoms with Gasteiger partial charge in [0.2, 0.25) is 0 Å². The number of nitrogens with one attached hydrogen (secondary N) is 2. The molecule has 218 valence electrons. The number of alkyl halides is 3. The van der Waals surface area contributed by atoms with Gasteiger partial charge in [0.1, 0.15) is 0 Å². The van der Waals surface area contributed by atoms with E-state index >= 15 is 0 Å². The molecule has 1 amide bonds. The van der Waals surface area contributed by atoms with E-state index in [-0.39, 0.29) is 50.2 Å². The molecule has 9 nitrogen and oxygen atoms in total. The van der Waals surface area contributed by atoms with Crippen LogP contribution in [0.1, 0.15) is 51.4 Å². The Morgan fingerprint density at radius 1 is 1.15 bits per heavy atom. The van der Waals surface area contributed by atoms with Crippen molar-refractivity contribution < 1.29 is 18.0 Å². The van der Waals surface area contributed by atoms with Gasteiger partial charge in [-0.15, -0.1) is 0 Å². The van der Waals surface area contributed by atoms with Crippen LogP contribution >= 0.6 is 0 Å². The lowest BCUT2D eigenvalue weighted by molar-refractivity contribution is -0.253. The molecule has 0 aromatic carbocycles. The molecule has 1 aliphatic heterocycles. The lowest BCUT2D eigenvalue weighted by atomic mass is 9.99. The average Bonchev–Trinajstić information content (AvgIpc) is 3.52. The molecule has 0 spiro atoms. The van der Waals surface area contributed by atoms with E-state index in [1.54, 1.807) is 19.4 Å². The van der Waals surface area contributed by atoms with E-state index < -0.39 is 6.30 Å². The first-order chi connectivity index (χ1) is 19.4. The van der Waals surface area contributed by atoms with Gasteiger partial charge in [0.05, 0.1) is 23.7 Å². The SMILES string of the molecule is Cc1cc(C)c(CNC(=O)c2cc3c(-c4cncn4C)ccn3c(C(C)N3CCN(C(F)(F)F)CC3)c2C)c(=O)[nH]1. The predicted octanol–water partition coefficient (Wildman–Crippen LogP) is 4.08. The van der Waals surface area contributed by atoms with Crippen LogP contribution in [0.25, 0.3) is 16.8 Å². The van der Waals surface area contributed by atoms with Crippen molar-refractivity contribution in [2.75, 3.05) is 26.2 Å². The van der Waals surface area contributed by atoms with Gasteiger partial charge in [-0.05, 0) is 57.0 Å². The van der Waals surface area contributed by atoms with Crippen LogP contribution in [-0.4, -0.2) is 67.1 Å². The summed E-state index contributed by atoms with van der Waals surface area (Å²) in [6.07, 6.45) is 1.03. The summed E-state index contributed by atoms with van der Waals surface area (Å²) >= 11 is 0. The van der Waals surface area contributed by atoms with Crippen LogP contribution in [0.4, 0.5) is 13.2 Å². The van der Waals surface area contributed by atoms with Gasteiger partial charge in [-0.25, -0.2) is 9.88 Å². The van der Waals surface area contributed by atoms with Gasteiger partial charge in [-0.2, -0.15) is 13.2 Å². The third kappa shape index (κ3) is 5.41. The minimum Gasteiger partial charge on any atom is -0.348 e. The number of piperazine rings is 1. The number of aryl methyl sites for hydroxylation is 3. The molecule has 4 aromatic rings. The largest absolute Gasteiger partial charge is 0.460 e. The number of carbonyl (C=O) groups excluding carboxylic acids is 1.